The van der Waals surface area contributed by atoms with Gasteiger partial charge in [0.05, 0.1) is 0 Å². The minimum Gasteiger partial charge on any atom is -0.317 e. The first kappa shape index (κ1) is 16.5. The predicted octanol–water partition coefficient (Wildman–Crippen LogP) is 2.70. The lowest BCUT2D eigenvalue weighted by molar-refractivity contribution is 0.138. The van der Waals surface area contributed by atoms with Crippen LogP contribution in [0.15, 0.2) is 0 Å². The third-order valence-electron chi connectivity index (χ3n) is 4.15. The van der Waals surface area contributed by atoms with Crippen molar-refractivity contribution >= 4 is 24.8 Å². The standard InChI is InChI=1S/C12H24N2.2ClH/c1-10-5-7-14(8-6-10)12-4-3-11(9-12)13-2;;/h10-13H,3-9H2,1-2H3;2*1H/t11-,12+;;/m1../s1. The second-order valence-corrected chi connectivity index (χ2v) is 5.17. The smallest absolute Gasteiger partial charge is 0.0111 e. The highest BCUT2D eigenvalue weighted by atomic mass is 35.5. The molecule has 2 nitrogen and oxygen atoms in total. The van der Waals surface area contributed by atoms with Gasteiger partial charge in [-0.1, -0.05) is 6.92 Å². The lowest BCUT2D eigenvalue weighted by Gasteiger charge is -2.35. The highest BCUT2D eigenvalue weighted by Gasteiger charge is 2.29. The maximum Gasteiger partial charge on any atom is 0.0111 e. The molecule has 0 radical (unpaired) electrons. The van der Waals surface area contributed by atoms with Crippen molar-refractivity contribution in [2.24, 2.45) is 5.92 Å². The zero-order valence-electron chi connectivity index (χ0n) is 10.4. The molecule has 16 heavy (non-hydrogen) atoms. The lowest BCUT2D eigenvalue weighted by atomic mass is 9.97. The summed E-state index contributed by atoms with van der Waals surface area (Å²) in [6.45, 7) is 5.09. The quantitative estimate of drug-likeness (QED) is 0.829. The Balaban J connectivity index is 0.00000112. The molecule has 98 valence electrons. The van der Waals surface area contributed by atoms with E-state index in [0.717, 1.165) is 18.0 Å². The van der Waals surface area contributed by atoms with Gasteiger partial charge in [-0.3, -0.25) is 0 Å². The van der Waals surface area contributed by atoms with Crippen LogP contribution in [0.25, 0.3) is 0 Å². The fourth-order valence-electron chi connectivity index (χ4n) is 2.95. The summed E-state index contributed by atoms with van der Waals surface area (Å²) in [6, 6.07) is 1.68. The Kier molecular flexibility index (Phi) is 8.00. The number of nitrogens with one attached hydrogen (secondary N) is 1. The zero-order valence-corrected chi connectivity index (χ0v) is 12.1. The van der Waals surface area contributed by atoms with Gasteiger partial charge in [0.25, 0.3) is 0 Å². The molecule has 1 saturated carbocycles. The zero-order chi connectivity index (χ0) is 9.97. The molecular formula is C12H26Cl2N2. The molecule has 0 aromatic rings. The number of piperidine rings is 1. The third-order valence-corrected chi connectivity index (χ3v) is 4.15. The van der Waals surface area contributed by atoms with Gasteiger partial charge >= 0.3 is 0 Å². The Morgan fingerprint density at radius 2 is 1.62 bits per heavy atom. The minimum absolute atomic E-state index is 0. The van der Waals surface area contributed by atoms with Crippen molar-refractivity contribution in [3.8, 4) is 0 Å². The molecule has 0 aromatic carbocycles. The fourth-order valence-corrected chi connectivity index (χ4v) is 2.95. The minimum atomic E-state index is 0. The van der Waals surface area contributed by atoms with Gasteiger partial charge in [0.15, 0.2) is 0 Å². The van der Waals surface area contributed by atoms with E-state index in [9.17, 15) is 0 Å². The first-order chi connectivity index (χ1) is 6.79. The average molecular weight is 269 g/mol. The van der Waals surface area contributed by atoms with E-state index in [0.29, 0.717) is 0 Å². The number of hydrogen-bond donors (Lipinski definition) is 1. The van der Waals surface area contributed by atoms with E-state index < -0.39 is 0 Å². The van der Waals surface area contributed by atoms with Crippen LogP contribution in [0.3, 0.4) is 0 Å². The van der Waals surface area contributed by atoms with Gasteiger partial charge in [-0.2, -0.15) is 0 Å². The fraction of sp³-hybridized carbons (Fsp3) is 1.00. The van der Waals surface area contributed by atoms with E-state index in [2.05, 4.69) is 24.2 Å². The summed E-state index contributed by atoms with van der Waals surface area (Å²) in [6.07, 6.45) is 7.01. The van der Waals surface area contributed by atoms with Crippen LogP contribution in [0.5, 0.6) is 0 Å². The van der Waals surface area contributed by atoms with Crippen LogP contribution in [0.2, 0.25) is 0 Å². The summed E-state index contributed by atoms with van der Waals surface area (Å²) in [5.41, 5.74) is 0. The molecule has 0 unspecified atom stereocenters. The molecule has 2 atom stereocenters. The summed E-state index contributed by atoms with van der Waals surface area (Å²) >= 11 is 0. The largest absolute Gasteiger partial charge is 0.317 e. The normalized spacial score (nSPS) is 31.9. The van der Waals surface area contributed by atoms with Crippen molar-refractivity contribution in [3.05, 3.63) is 0 Å². The number of likely N-dealkylation sites (tertiary alicyclic amines) is 1. The second kappa shape index (κ2) is 7.75. The first-order valence-corrected chi connectivity index (χ1v) is 6.21. The molecule has 2 rings (SSSR count). The van der Waals surface area contributed by atoms with Crippen LogP contribution in [-0.2, 0) is 0 Å². The molecule has 1 heterocycles. The van der Waals surface area contributed by atoms with E-state index in [4.69, 9.17) is 0 Å². The van der Waals surface area contributed by atoms with Crippen molar-refractivity contribution in [2.75, 3.05) is 20.1 Å². The van der Waals surface area contributed by atoms with Gasteiger partial charge in [0.1, 0.15) is 0 Å². The Morgan fingerprint density at radius 1 is 1.00 bits per heavy atom. The lowest BCUT2D eigenvalue weighted by Crippen LogP contribution is -2.40. The van der Waals surface area contributed by atoms with E-state index in [1.807, 2.05) is 0 Å². The molecule has 4 heteroatoms. The Hall–Kier alpha value is 0.500. The second-order valence-electron chi connectivity index (χ2n) is 5.17. The van der Waals surface area contributed by atoms with Gasteiger partial charge in [0, 0.05) is 12.1 Å². The van der Waals surface area contributed by atoms with Gasteiger partial charge in [-0.05, 0) is 58.2 Å². The maximum atomic E-state index is 3.42. The molecule has 1 N–H and O–H groups in total. The van der Waals surface area contributed by atoms with E-state index in [1.54, 1.807) is 0 Å². The van der Waals surface area contributed by atoms with Gasteiger partial charge < -0.3 is 10.2 Å². The first-order valence-electron chi connectivity index (χ1n) is 6.21. The van der Waals surface area contributed by atoms with E-state index in [-0.39, 0.29) is 24.8 Å². The molecule has 1 aliphatic heterocycles. The van der Waals surface area contributed by atoms with Gasteiger partial charge in [-0.25, -0.2) is 0 Å². The summed E-state index contributed by atoms with van der Waals surface area (Å²) in [5.74, 6) is 0.966. The molecule has 0 spiro atoms. The maximum absolute atomic E-state index is 3.42. The van der Waals surface area contributed by atoms with Crippen LogP contribution in [0.4, 0.5) is 0 Å². The predicted molar refractivity (Wildman–Crippen MR) is 75.0 cm³/mol. The van der Waals surface area contributed by atoms with Crippen molar-refractivity contribution in [1.29, 1.82) is 0 Å². The monoisotopic (exact) mass is 268 g/mol. The van der Waals surface area contributed by atoms with Crippen LogP contribution in [0, 0.1) is 5.92 Å². The van der Waals surface area contributed by atoms with Gasteiger partial charge in [0.2, 0.25) is 0 Å². The summed E-state index contributed by atoms with van der Waals surface area (Å²) < 4.78 is 0. The Labute approximate surface area is 112 Å². The topological polar surface area (TPSA) is 15.3 Å². The van der Waals surface area contributed by atoms with Crippen LogP contribution >= 0.6 is 24.8 Å². The summed E-state index contributed by atoms with van der Waals surface area (Å²) in [5, 5.41) is 3.42. The summed E-state index contributed by atoms with van der Waals surface area (Å²) in [7, 11) is 2.10. The number of nitrogens with zero attached hydrogens (tertiary/aromatic N) is 1. The van der Waals surface area contributed by atoms with E-state index >= 15 is 0 Å². The van der Waals surface area contributed by atoms with E-state index in [1.165, 1.54) is 45.2 Å². The molecule has 2 fully saturated rings. The van der Waals surface area contributed by atoms with Crippen molar-refractivity contribution in [2.45, 2.75) is 51.1 Å². The SMILES string of the molecule is CN[C@@H]1CC[C@H](N2CCC(C)CC2)C1.Cl.Cl. The molecule has 1 aliphatic carbocycles. The summed E-state index contributed by atoms with van der Waals surface area (Å²) in [4.78, 5) is 2.73. The molecule has 2 aliphatic rings. The van der Waals surface area contributed by atoms with Crippen LogP contribution < -0.4 is 5.32 Å². The van der Waals surface area contributed by atoms with Crippen LogP contribution in [0.1, 0.15) is 39.0 Å². The molecular weight excluding hydrogens is 243 g/mol. The number of halogens is 2. The Bertz CT molecular complexity index is 182. The molecule has 0 amide bonds. The molecule has 0 aromatic heterocycles. The number of rotatable bonds is 2. The highest BCUT2D eigenvalue weighted by molar-refractivity contribution is 5.85. The van der Waals surface area contributed by atoms with Crippen LogP contribution in [-0.4, -0.2) is 37.1 Å². The van der Waals surface area contributed by atoms with Crippen molar-refractivity contribution in [1.82, 2.24) is 10.2 Å². The van der Waals surface area contributed by atoms with Gasteiger partial charge in [-0.15, -0.1) is 24.8 Å². The Morgan fingerprint density at radius 3 is 2.12 bits per heavy atom. The van der Waals surface area contributed by atoms with Crippen molar-refractivity contribution in [3.63, 3.8) is 0 Å². The molecule has 0 bridgehead atoms. The van der Waals surface area contributed by atoms with Crippen molar-refractivity contribution < 1.29 is 0 Å². The highest BCUT2D eigenvalue weighted by Crippen LogP contribution is 2.27. The average Bonchev–Trinajstić information content (AvgIpc) is 2.67. The third kappa shape index (κ3) is 4.06. The number of hydrogen-bond acceptors (Lipinski definition) is 2. The molecule has 1 saturated heterocycles.